The predicted molar refractivity (Wildman–Crippen MR) is 75.8 cm³/mol. The zero-order valence-electron chi connectivity index (χ0n) is 11.9. The van der Waals surface area contributed by atoms with Gasteiger partial charge in [-0.1, -0.05) is 0 Å². The second kappa shape index (κ2) is 4.63. The zero-order valence-corrected chi connectivity index (χ0v) is 11.9. The first kappa shape index (κ1) is 13.0. The molecular formula is C16H17F2N3. The quantitative estimate of drug-likeness (QED) is 0.874. The maximum atomic E-state index is 13.5. The standard InChI is InChI=1S/C16H17F2N3/c1-21-16(9-5-6-12(17)13(18)7-9)11-8-10-3-2-4-14(19-10)15(11)20-21/h5-7,10,14,19H,2-4,8H2,1H3. The molecule has 110 valence electrons. The second-order valence-corrected chi connectivity index (χ2v) is 6.02. The van der Waals surface area contributed by atoms with Crippen LogP contribution in [0.25, 0.3) is 11.3 Å². The lowest BCUT2D eigenvalue weighted by atomic mass is 9.84. The van der Waals surface area contributed by atoms with E-state index in [1.807, 2.05) is 7.05 Å². The van der Waals surface area contributed by atoms with Crippen molar-refractivity contribution in [1.82, 2.24) is 15.1 Å². The molecule has 0 spiro atoms. The molecule has 5 heteroatoms. The van der Waals surface area contributed by atoms with Crippen LogP contribution in [0.3, 0.4) is 0 Å². The number of nitrogens with zero attached hydrogens (tertiary/aromatic N) is 2. The topological polar surface area (TPSA) is 29.9 Å². The summed E-state index contributed by atoms with van der Waals surface area (Å²) in [5, 5.41) is 8.25. The third kappa shape index (κ3) is 1.99. The third-order valence-electron chi connectivity index (χ3n) is 4.63. The second-order valence-electron chi connectivity index (χ2n) is 6.02. The Morgan fingerprint density at radius 3 is 2.90 bits per heavy atom. The smallest absolute Gasteiger partial charge is 0.159 e. The third-order valence-corrected chi connectivity index (χ3v) is 4.63. The van der Waals surface area contributed by atoms with Gasteiger partial charge in [-0.25, -0.2) is 8.78 Å². The number of aryl methyl sites for hydroxylation is 1. The number of rotatable bonds is 1. The minimum Gasteiger partial charge on any atom is -0.305 e. The molecule has 0 amide bonds. The summed E-state index contributed by atoms with van der Waals surface area (Å²) >= 11 is 0. The summed E-state index contributed by atoms with van der Waals surface area (Å²) in [5.41, 5.74) is 3.89. The number of hydrogen-bond donors (Lipinski definition) is 1. The van der Waals surface area contributed by atoms with E-state index in [0.29, 0.717) is 17.6 Å². The molecule has 1 fully saturated rings. The summed E-state index contributed by atoms with van der Waals surface area (Å²) in [5.74, 6) is -1.62. The molecule has 1 aromatic carbocycles. The van der Waals surface area contributed by atoms with Crippen molar-refractivity contribution in [3.63, 3.8) is 0 Å². The van der Waals surface area contributed by atoms with Gasteiger partial charge in [0, 0.05) is 24.2 Å². The van der Waals surface area contributed by atoms with E-state index in [-0.39, 0.29) is 0 Å². The van der Waals surface area contributed by atoms with Gasteiger partial charge in [0.05, 0.1) is 17.4 Å². The van der Waals surface area contributed by atoms with Crippen LogP contribution in [0.2, 0.25) is 0 Å². The summed E-state index contributed by atoms with van der Waals surface area (Å²) in [6, 6.07) is 4.87. The van der Waals surface area contributed by atoms with E-state index < -0.39 is 11.6 Å². The van der Waals surface area contributed by atoms with Crippen molar-refractivity contribution in [2.24, 2.45) is 7.05 Å². The van der Waals surface area contributed by atoms with Gasteiger partial charge in [-0.15, -0.1) is 0 Å². The Labute approximate surface area is 122 Å². The Morgan fingerprint density at radius 2 is 2.10 bits per heavy atom. The van der Waals surface area contributed by atoms with Gasteiger partial charge >= 0.3 is 0 Å². The Bertz CT molecular complexity index is 708. The summed E-state index contributed by atoms with van der Waals surface area (Å²) < 4.78 is 28.5. The van der Waals surface area contributed by atoms with Crippen LogP contribution in [0.15, 0.2) is 18.2 Å². The number of benzene rings is 1. The molecule has 21 heavy (non-hydrogen) atoms. The van der Waals surface area contributed by atoms with Crippen molar-refractivity contribution in [3.8, 4) is 11.3 Å². The van der Waals surface area contributed by atoms with Gasteiger partial charge in [0.1, 0.15) is 0 Å². The fraction of sp³-hybridized carbons (Fsp3) is 0.438. The van der Waals surface area contributed by atoms with E-state index in [1.54, 1.807) is 10.7 Å². The molecule has 2 atom stereocenters. The van der Waals surface area contributed by atoms with Gasteiger partial charge in [0.25, 0.3) is 0 Å². The highest BCUT2D eigenvalue weighted by Crippen LogP contribution is 2.38. The van der Waals surface area contributed by atoms with E-state index in [0.717, 1.165) is 24.2 Å². The zero-order chi connectivity index (χ0) is 14.6. The summed E-state index contributed by atoms with van der Waals surface area (Å²) in [6.45, 7) is 0. The minimum atomic E-state index is -0.812. The van der Waals surface area contributed by atoms with E-state index >= 15 is 0 Å². The lowest BCUT2D eigenvalue weighted by molar-refractivity contribution is 0.297. The number of piperidine rings is 1. The van der Waals surface area contributed by atoms with Gasteiger partial charge in [0.15, 0.2) is 11.6 Å². The number of hydrogen-bond acceptors (Lipinski definition) is 2. The van der Waals surface area contributed by atoms with Crippen LogP contribution < -0.4 is 5.32 Å². The lowest BCUT2D eigenvalue weighted by Gasteiger charge is -2.35. The molecule has 4 rings (SSSR count). The Balaban J connectivity index is 1.86. The van der Waals surface area contributed by atoms with E-state index in [4.69, 9.17) is 0 Å². The van der Waals surface area contributed by atoms with Gasteiger partial charge in [-0.2, -0.15) is 5.10 Å². The van der Waals surface area contributed by atoms with Crippen LogP contribution in [0, 0.1) is 11.6 Å². The highest BCUT2D eigenvalue weighted by molar-refractivity contribution is 5.65. The molecule has 2 aliphatic heterocycles. The van der Waals surface area contributed by atoms with E-state index in [1.165, 1.54) is 30.5 Å². The van der Waals surface area contributed by atoms with Crippen LogP contribution in [-0.4, -0.2) is 15.8 Å². The lowest BCUT2D eigenvalue weighted by Crippen LogP contribution is -2.42. The van der Waals surface area contributed by atoms with Crippen LogP contribution >= 0.6 is 0 Å². The summed E-state index contributed by atoms with van der Waals surface area (Å²) in [7, 11) is 1.87. The molecule has 1 N–H and O–H groups in total. The average Bonchev–Trinajstić information content (AvgIpc) is 2.79. The molecular weight excluding hydrogens is 272 g/mol. The number of nitrogens with one attached hydrogen (secondary N) is 1. The number of fused-ring (bicyclic) bond motifs is 4. The number of halogens is 2. The molecule has 2 bridgehead atoms. The number of aromatic nitrogens is 2. The summed E-state index contributed by atoms with van der Waals surface area (Å²) in [4.78, 5) is 0. The van der Waals surface area contributed by atoms with Crippen LogP contribution in [0.1, 0.15) is 36.6 Å². The summed E-state index contributed by atoms with van der Waals surface area (Å²) in [6.07, 6.45) is 4.40. The van der Waals surface area contributed by atoms with Crippen LogP contribution in [0.4, 0.5) is 8.78 Å². The fourth-order valence-electron chi connectivity index (χ4n) is 3.72. The molecule has 2 unspecified atom stereocenters. The Kier molecular flexibility index (Phi) is 2.85. The van der Waals surface area contributed by atoms with E-state index in [9.17, 15) is 8.78 Å². The van der Waals surface area contributed by atoms with Crippen molar-refractivity contribution in [1.29, 1.82) is 0 Å². The van der Waals surface area contributed by atoms with Crippen molar-refractivity contribution < 1.29 is 8.78 Å². The van der Waals surface area contributed by atoms with Gasteiger partial charge in [-0.05, 0) is 43.9 Å². The monoisotopic (exact) mass is 289 g/mol. The Morgan fingerprint density at radius 1 is 1.24 bits per heavy atom. The molecule has 1 saturated heterocycles. The maximum Gasteiger partial charge on any atom is 0.159 e. The molecule has 0 aliphatic carbocycles. The molecule has 1 aromatic heterocycles. The van der Waals surface area contributed by atoms with E-state index in [2.05, 4.69) is 10.4 Å². The molecule has 0 radical (unpaired) electrons. The normalized spacial score (nSPS) is 24.0. The van der Waals surface area contributed by atoms with Crippen molar-refractivity contribution in [2.45, 2.75) is 37.8 Å². The predicted octanol–water partition coefficient (Wildman–Crippen LogP) is 3.10. The van der Waals surface area contributed by atoms with Gasteiger partial charge in [0.2, 0.25) is 0 Å². The molecule has 2 aliphatic rings. The van der Waals surface area contributed by atoms with Crippen LogP contribution in [-0.2, 0) is 13.5 Å². The Hall–Kier alpha value is -1.75. The first-order valence-electron chi connectivity index (χ1n) is 7.40. The molecule has 0 saturated carbocycles. The maximum absolute atomic E-state index is 13.5. The molecule has 3 heterocycles. The average molecular weight is 289 g/mol. The minimum absolute atomic E-state index is 0.303. The van der Waals surface area contributed by atoms with Crippen molar-refractivity contribution >= 4 is 0 Å². The first-order valence-corrected chi connectivity index (χ1v) is 7.40. The van der Waals surface area contributed by atoms with Gasteiger partial charge < -0.3 is 5.32 Å². The van der Waals surface area contributed by atoms with Crippen molar-refractivity contribution in [3.05, 3.63) is 41.1 Å². The van der Waals surface area contributed by atoms with Gasteiger partial charge in [-0.3, -0.25) is 4.68 Å². The highest BCUT2D eigenvalue weighted by Gasteiger charge is 2.34. The molecule has 3 nitrogen and oxygen atoms in total. The highest BCUT2D eigenvalue weighted by atomic mass is 19.2. The SMILES string of the molecule is Cn1nc2c(c1-c1ccc(F)c(F)c1)CC1CCCC2N1. The molecule has 2 aromatic rings. The van der Waals surface area contributed by atoms with Crippen LogP contribution in [0.5, 0.6) is 0 Å². The first-order chi connectivity index (χ1) is 10.1. The van der Waals surface area contributed by atoms with Crippen molar-refractivity contribution in [2.75, 3.05) is 0 Å². The largest absolute Gasteiger partial charge is 0.305 e. The fourth-order valence-corrected chi connectivity index (χ4v) is 3.72.